The second-order valence-electron chi connectivity index (χ2n) is 5.66. The lowest BCUT2D eigenvalue weighted by Crippen LogP contribution is -2.31. The monoisotopic (exact) mass is 244 g/mol. The zero-order valence-electron chi connectivity index (χ0n) is 10.7. The smallest absolute Gasteiger partial charge is 0.133 e. The lowest BCUT2D eigenvalue weighted by atomic mass is 9.86. The molecule has 18 heavy (non-hydrogen) atoms. The van der Waals surface area contributed by atoms with Crippen LogP contribution >= 0.6 is 0 Å². The van der Waals surface area contributed by atoms with Gasteiger partial charge < -0.3 is 9.69 Å². The van der Waals surface area contributed by atoms with Crippen molar-refractivity contribution in [2.45, 2.75) is 12.8 Å². The highest BCUT2D eigenvalue weighted by Gasteiger charge is 2.43. The molecule has 1 unspecified atom stereocenters. The average Bonchev–Trinajstić information content (AvgIpc) is 3.00. The Morgan fingerprint density at radius 3 is 2.67 bits per heavy atom. The Bertz CT molecular complexity index is 420. The van der Waals surface area contributed by atoms with Gasteiger partial charge in [0.2, 0.25) is 0 Å². The number of para-hydroxylation sites is 1. The fourth-order valence-electron chi connectivity index (χ4n) is 3.42. The number of rotatable bonds is 3. The number of nitrogens with zero attached hydrogens (tertiary/aromatic N) is 2. The van der Waals surface area contributed by atoms with Gasteiger partial charge in [-0.3, -0.25) is 4.90 Å². The van der Waals surface area contributed by atoms with Crippen molar-refractivity contribution in [1.82, 2.24) is 4.90 Å². The van der Waals surface area contributed by atoms with Gasteiger partial charge in [0, 0.05) is 30.7 Å². The molecule has 2 aliphatic heterocycles. The number of hydrogen-bond donors (Lipinski definition) is 0. The fraction of sp³-hybridized carbons (Fsp3) is 0.533. The first-order valence-electron chi connectivity index (χ1n) is 6.77. The van der Waals surface area contributed by atoms with E-state index in [1.807, 2.05) is 0 Å². The maximum absolute atomic E-state index is 10.6. The Labute approximate surface area is 108 Å². The molecule has 3 rings (SSSR count). The number of benzene rings is 1. The van der Waals surface area contributed by atoms with Crippen LogP contribution in [0.25, 0.3) is 0 Å². The van der Waals surface area contributed by atoms with E-state index < -0.39 is 0 Å². The van der Waals surface area contributed by atoms with Crippen molar-refractivity contribution in [2.75, 3.05) is 37.6 Å². The van der Waals surface area contributed by atoms with Gasteiger partial charge in [-0.2, -0.15) is 0 Å². The van der Waals surface area contributed by atoms with Gasteiger partial charge in [-0.15, -0.1) is 0 Å². The molecule has 2 aliphatic rings. The lowest BCUT2D eigenvalue weighted by molar-refractivity contribution is -0.108. The van der Waals surface area contributed by atoms with Crippen molar-refractivity contribution in [1.29, 1.82) is 0 Å². The van der Waals surface area contributed by atoms with Gasteiger partial charge in [0.1, 0.15) is 6.29 Å². The van der Waals surface area contributed by atoms with E-state index in [0.717, 1.165) is 32.5 Å². The summed E-state index contributed by atoms with van der Waals surface area (Å²) < 4.78 is 0. The number of likely N-dealkylation sites (tertiary alicyclic amines) is 1. The molecule has 2 fully saturated rings. The second-order valence-corrected chi connectivity index (χ2v) is 5.66. The summed E-state index contributed by atoms with van der Waals surface area (Å²) in [5.74, 6) is 0. The molecule has 1 atom stereocenters. The van der Waals surface area contributed by atoms with Gasteiger partial charge in [0.25, 0.3) is 0 Å². The summed E-state index contributed by atoms with van der Waals surface area (Å²) >= 11 is 0. The molecule has 0 N–H and O–H groups in total. The van der Waals surface area contributed by atoms with Crippen LogP contribution in [-0.2, 0) is 4.79 Å². The summed E-state index contributed by atoms with van der Waals surface area (Å²) in [6.07, 6.45) is 3.53. The van der Waals surface area contributed by atoms with E-state index >= 15 is 0 Å². The van der Waals surface area contributed by atoms with Crippen molar-refractivity contribution in [3.63, 3.8) is 0 Å². The molecule has 1 spiro atoms. The van der Waals surface area contributed by atoms with E-state index in [0.29, 0.717) is 12.0 Å². The van der Waals surface area contributed by atoms with Crippen LogP contribution in [0.2, 0.25) is 0 Å². The van der Waals surface area contributed by atoms with E-state index in [9.17, 15) is 4.79 Å². The van der Waals surface area contributed by atoms with E-state index in [4.69, 9.17) is 0 Å². The normalized spacial score (nSPS) is 28.1. The highest BCUT2D eigenvalue weighted by Crippen LogP contribution is 2.40. The molecule has 96 valence electrons. The van der Waals surface area contributed by atoms with Crippen molar-refractivity contribution in [3.05, 3.63) is 30.3 Å². The molecule has 0 radical (unpaired) electrons. The Morgan fingerprint density at radius 1 is 1.11 bits per heavy atom. The number of carbonyl (C=O) groups is 1. The third kappa shape index (κ3) is 2.15. The van der Waals surface area contributed by atoms with Gasteiger partial charge in [0.15, 0.2) is 0 Å². The number of aldehydes is 1. The molecule has 0 bridgehead atoms. The van der Waals surface area contributed by atoms with Gasteiger partial charge in [-0.1, -0.05) is 18.2 Å². The van der Waals surface area contributed by atoms with Crippen LogP contribution in [0.15, 0.2) is 30.3 Å². The third-order valence-corrected chi connectivity index (χ3v) is 4.41. The summed E-state index contributed by atoms with van der Waals surface area (Å²) in [7, 11) is 0. The van der Waals surface area contributed by atoms with Crippen molar-refractivity contribution in [3.8, 4) is 0 Å². The van der Waals surface area contributed by atoms with E-state index in [-0.39, 0.29) is 0 Å². The molecule has 1 aromatic carbocycles. The highest BCUT2D eigenvalue weighted by molar-refractivity contribution is 5.52. The Balaban J connectivity index is 1.67. The standard InChI is InChI=1S/C15H20N2O/c18-11-10-16-8-6-15(12-16)7-9-17(13-15)14-4-2-1-3-5-14/h1-5,11H,6-10,12-13H2. The molecule has 1 aromatic rings. The Morgan fingerprint density at radius 2 is 1.89 bits per heavy atom. The minimum atomic E-state index is 0.429. The fourth-order valence-corrected chi connectivity index (χ4v) is 3.42. The lowest BCUT2D eigenvalue weighted by Gasteiger charge is -2.25. The number of anilines is 1. The summed E-state index contributed by atoms with van der Waals surface area (Å²) in [6.45, 7) is 5.08. The largest absolute Gasteiger partial charge is 0.371 e. The highest BCUT2D eigenvalue weighted by atomic mass is 16.1. The second kappa shape index (κ2) is 4.73. The molecule has 0 amide bonds. The van der Waals surface area contributed by atoms with Crippen LogP contribution in [0.5, 0.6) is 0 Å². The summed E-state index contributed by atoms with van der Waals surface area (Å²) in [5, 5.41) is 0. The molecule has 0 aromatic heterocycles. The van der Waals surface area contributed by atoms with Crippen molar-refractivity contribution in [2.24, 2.45) is 5.41 Å². The van der Waals surface area contributed by atoms with Crippen molar-refractivity contribution >= 4 is 12.0 Å². The number of hydrogen-bond acceptors (Lipinski definition) is 3. The quantitative estimate of drug-likeness (QED) is 0.757. The van der Waals surface area contributed by atoms with Crippen LogP contribution in [0.3, 0.4) is 0 Å². The predicted molar refractivity (Wildman–Crippen MR) is 72.8 cm³/mol. The Kier molecular flexibility index (Phi) is 3.08. The number of carbonyl (C=O) groups excluding carboxylic acids is 1. The van der Waals surface area contributed by atoms with Gasteiger partial charge in [-0.05, 0) is 31.5 Å². The van der Waals surface area contributed by atoms with Crippen LogP contribution in [0, 0.1) is 5.41 Å². The van der Waals surface area contributed by atoms with Crippen LogP contribution < -0.4 is 4.90 Å². The topological polar surface area (TPSA) is 23.6 Å². The van der Waals surface area contributed by atoms with E-state index in [2.05, 4.69) is 40.1 Å². The molecule has 0 aliphatic carbocycles. The van der Waals surface area contributed by atoms with Crippen LogP contribution in [-0.4, -0.2) is 43.9 Å². The minimum absolute atomic E-state index is 0.429. The molecule has 0 saturated carbocycles. The summed E-state index contributed by atoms with van der Waals surface area (Å²) in [4.78, 5) is 15.4. The Hall–Kier alpha value is -1.35. The first-order chi connectivity index (χ1) is 8.81. The first kappa shape index (κ1) is 11.7. The third-order valence-electron chi connectivity index (χ3n) is 4.41. The van der Waals surface area contributed by atoms with E-state index in [1.165, 1.54) is 18.5 Å². The van der Waals surface area contributed by atoms with E-state index in [1.54, 1.807) is 0 Å². The minimum Gasteiger partial charge on any atom is -0.371 e. The molecule has 2 saturated heterocycles. The van der Waals surface area contributed by atoms with Gasteiger partial charge >= 0.3 is 0 Å². The van der Waals surface area contributed by atoms with Gasteiger partial charge in [0.05, 0.1) is 6.54 Å². The first-order valence-corrected chi connectivity index (χ1v) is 6.77. The SMILES string of the molecule is O=CCN1CCC2(CCN(c3ccccc3)C2)C1. The molecular weight excluding hydrogens is 224 g/mol. The van der Waals surface area contributed by atoms with Gasteiger partial charge in [-0.25, -0.2) is 0 Å². The molecule has 3 heteroatoms. The predicted octanol–water partition coefficient (Wildman–Crippen LogP) is 1.79. The molecule has 2 heterocycles. The zero-order chi connectivity index (χ0) is 12.4. The maximum Gasteiger partial charge on any atom is 0.133 e. The summed E-state index contributed by atoms with van der Waals surface area (Å²) in [5.41, 5.74) is 1.77. The summed E-state index contributed by atoms with van der Waals surface area (Å²) in [6, 6.07) is 10.7. The maximum atomic E-state index is 10.6. The van der Waals surface area contributed by atoms with Crippen LogP contribution in [0.4, 0.5) is 5.69 Å². The van der Waals surface area contributed by atoms with Crippen molar-refractivity contribution < 1.29 is 4.79 Å². The average molecular weight is 244 g/mol. The zero-order valence-corrected chi connectivity index (χ0v) is 10.7. The molecular formula is C15H20N2O. The van der Waals surface area contributed by atoms with Crippen LogP contribution in [0.1, 0.15) is 12.8 Å². The molecule has 3 nitrogen and oxygen atoms in total.